The van der Waals surface area contributed by atoms with Gasteiger partial charge in [0.2, 0.25) is 0 Å². The highest BCUT2D eigenvalue weighted by atomic mass is 16.3. The van der Waals surface area contributed by atoms with Crippen molar-refractivity contribution in [2.24, 2.45) is 5.92 Å². The number of aromatic nitrogens is 1. The van der Waals surface area contributed by atoms with Gasteiger partial charge >= 0.3 is 0 Å². The second kappa shape index (κ2) is 5.81. The van der Waals surface area contributed by atoms with E-state index in [4.69, 9.17) is 5.11 Å². The Morgan fingerprint density at radius 1 is 1.50 bits per heavy atom. The van der Waals surface area contributed by atoms with Gasteiger partial charge in [-0.1, -0.05) is 6.07 Å². The van der Waals surface area contributed by atoms with Crippen molar-refractivity contribution in [2.75, 3.05) is 13.2 Å². The molecule has 100 valence electrons. The molecule has 0 amide bonds. The maximum Gasteiger partial charge on any atom is 0.0433 e. The molecule has 0 bridgehead atoms. The molecule has 0 aliphatic carbocycles. The fourth-order valence-corrected chi connectivity index (χ4v) is 3.01. The number of rotatable bonds is 4. The van der Waals surface area contributed by atoms with Crippen LogP contribution in [0.25, 0.3) is 0 Å². The molecular weight excluding hydrogens is 224 g/mol. The standard InChI is InChI=1S/C15H24N2O/c1-15(2)10-13(6-9-18)5-8-17(15)12-14-4-3-7-16-11-14/h3-4,7,11,13,18H,5-6,8-10,12H2,1-2H3. The molecule has 2 heterocycles. The van der Waals surface area contributed by atoms with Crippen LogP contribution in [0.3, 0.4) is 0 Å². The van der Waals surface area contributed by atoms with Gasteiger partial charge in [0, 0.05) is 31.1 Å². The summed E-state index contributed by atoms with van der Waals surface area (Å²) >= 11 is 0. The lowest BCUT2D eigenvalue weighted by Gasteiger charge is -2.45. The van der Waals surface area contributed by atoms with Crippen molar-refractivity contribution in [2.45, 2.75) is 45.2 Å². The summed E-state index contributed by atoms with van der Waals surface area (Å²) in [5.41, 5.74) is 1.50. The maximum absolute atomic E-state index is 9.07. The second-order valence-corrected chi connectivity index (χ2v) is 5.97. The monoisotopic (exact) mass is 248 g/mol. The van der Waals surface area contributed by atoms with E-state index < -0.39 is 0 Å². The van der Waals surface area contributed by atoms with Gasteiger partial charge in [0.05, 0.1) is 0 Å². The largest absolute Gasteiger partial charge is 0.396 e. The predicted octanol–water partition coefficient (Wildman–Crippen LogP) is 2.45. The number of likely N-dealkylation sites (tertiary alicyclic amines) is 1. The average molecular weight is 248 g/mol. The van der Waals surface area contributed by atoms with Crippen molar-refractivity contribution in [3.8, 4) is 0 Å². The topological polar surface area (TPSA) is 36.4 Å². The van der Waals surface area contributed by atoms with E-state index >= 15 is 0 Å². The van der Waals surface area contributed by atoms with Crippen molar-refractivity contribution in [1.29, 1.82) is 0 Å². The minimum atomic E-state index is 0.216. The number of nitrogens with zero attached hydrogens (tertiary/aromatic N) is 2. The van der Waals surface area contributed by atoms with Gasteiger partial charge in [-0.05, 0) is 57.2 Å². The van der Waals surface area contributed by atoms with Gasteiger partial charge in [0.15, 0.2) is 0 Å². The number of piperidine rings is 1. The molecule has 0 spiro atoms. The third-order valence-electron chi connectivity index (χ3n) is 4.09. The van der Waals surface area contributed by atoms with Crippen molar-refractivity contribution in [1.82, 2.24) is 9.88 Å². The van der Waals surface area contributed by atoms with Gasteiger partial charge in [-0.2, -0.15) is 0 Å². The van der Waals surface area contributed by atoms with Gasteiger partial charge < -0.3 is 5.11 Å². The third kappa shape index (κ3) is 3.30. The molecule has 1 aromatic heterocycles. The molecule has 1 aromatic rings. The van der Waals surface area contributed by atoms with Crippen LogP contribution in [0.2, 0.25) is 0 Å². The lowest BCUT2D eigenvalue weighted by molar-refractivity contribution is 0.0324. The molecule has 1 atom stereocenters. The Bertz CT molecular complexity index is 364. The molecule has 1 saturated heterocycles. The molecule has 18 heavy (non-hydrogen) atoms. The molecule has 1 aliphatic rings. The van der Waals surface area contributed by atoms with Crippen LogP contribution in [0.5, 0.6) is 0 Å². The van der Waals surface area contributed by atoms with E-state index in [1.807, 2.05) is 18.5 Å². The molecule has 3 nitrogen and oxygen atoms in total. The highest BCUT2D eigenvalue weighted by molar-refractivity contribution is 5.09. The molecule has 1 aliphatic heterocycles. The summed E-state index contributed by atoms with van der Waals surface area (Å²) in [6.07, 6.45) is 7.10. The zero-order chi connectivity index (χ0) is 13.0. The van der Waals surface area contributed by atoms with E-state index in [1.54, 1.807) is 0 Å². The number of aliphatic hydroxyl groups is 1. The summed E-state index contributed by atoms with van der Waals surface area (Å²) in [5.74, 6) is 0.676. The molecule has 1 N–H and O–H groups in total. The van der Waals surface area contributed by atoms with Crippen molar-refractivity contribution < 1.29 is 5.11 Å². The minimum Gasteiger partial charge on any atom is -0.396 e. The fourth-order valence-electron chi connectivity index (χ4n) is 3.01. The van der Waals surface area contributed by atoms with E-state index in [1.165, 1.54) is 18.4 Å². The molecule has 0 aromatic carbocycles. The summed E-state index contributed by atoms with van der Waals surface area (Å²) in [6, 6.07) is 4.14. The Balaban J connectivity index is 1.98. The first kappa shape index (κ1) is 13.5. The predicted molar refractivity (Wildman–Crippen MR) is 73.2 cm³/mol. The van der Waals surface area contributed by atoms with Crippen LogP contribution < -0.4 is 0 Å². The van der Waals surface area contributed by atoms with Gasteiger partial charge in [0.1, 0.15) is 0 Å². The van der Waals surface area contributed by atoms with Crippen LogP contribution >= 0.6 is 0 Å². The van der Waals surface area contributed by atoms with E-state index in [2.05, 4.69) is 29.8 Å². The van der Waals surface area contributed by atoms with Crippen LogP contribution in [0, 0.1) is 5.92 Å². The van der Waals surface area contributed by atoms with Crippen molar-refractivity contribution in [3.05, 3.63) is 30.1 Å². The summed E-state index contributed by atoms with van der Waals surface area (Å²) in [6.45, 7) is 7.04. The Morgan fingerprint density at radius 2 is 2.33 bits per heavy atom. The Kier molecular flexibility index (Phi) is 4.36. The number of pyridine rings is 1. The van der Waals surface area contributed by atoms with E-state index in [-0.39, 0.29) is 5.54 Å². The lowest BCUT2D eigenvalue weighted by atomic mass is 9.81. The first-order valence-corrected chi connectivity index (χ1v) is 6.86. The first-order chi connectivity index (χ1) is 8.62. The van der Waals surface area contributed by atoms with Crippen LogP contribution in [0.4, 0.5) is 0 Å². The normalized spacial score (nSPS) is 24.1. The van der Waals surface area contributed by atoms with E-state index in [0.29, 0.717) is 12.5 Å². The van der Waals surface area contributed by atoms with Gasteiger partial charge in [-0.25, -0.2) is 0 Å². The highest BCUT2D eigenvalue weighted by Crippen LogP contribution is 2.33. The summed E-state index contributed by atoms with van der Waals surface area (Å²) < 4.78 is 0. The number of hydrogen-bond donors (Lipinski definition) is 1. The molecule has 0 radical (unpaired) electrons. The Labute approximate surface area is 110 Å². The minimum absolute atomic E-state index is 0.216. The van der Waals surface area contributed by atoms with Gasteiger partial charge in [-0.3, -0.25) is 9.88 Å². The summed E-state index contributed by atoms with van der Waals surface area (Å²) in [4.78, 5) is 6.72. The quantitative estimate of drug-likeness (QED) is 0.889. The van der Waals surface area contributed by atoms with E-state index in [0.717, 1.165) is 19.5 Å². The Morgan fingerprint density at radius 3 is 2.94 bits per heavy atom. The van der Waals surface area contributed by atoms with Crippen molar-refractivity contribution >= 4 is 0 Å². The number of hydrogen-bond acceptors (Lipinski definition) is 3. The first-order valence-electron chi connectivity index (χ1n) is 6.86. The summed E-state index contributed by atoms with van der Waals surface area (Å²) in [5, 5.41) is 9.07. The zero-order valence-electron chi connectivity index (χ0n) is 11.5. The van der Waals surface area contributed by atoms with Gasteiger partial charge in [0.25, 0.3) is 0 Å². The molecule has 1 unspecified atom stereocenters. The molecule has 0 saturated carbocycles. The lowest BCUT2D eigenvalue weighted by Crippen LogP contribution is -2.49. The molecule has 2 rings (SSSR count). The molecular formula is C15H24N2O. The fraction of sp³-hybridized carbons (Fsp3) is 0.667. The molecule has 1 fully saturated rings. The number of aliphatic hydroxyl groups excluding tert-OH is 1. The third-order valence-corrected chi connectivity index (χ3v) is 4.09. The van der Waals surface area contributed by atoms with Crippen molar-refractivity contribution in [3.63, 3.8) is 0 Å². The second-order valence-electron chi connectivity index (χ2n) is 5.97. The zero-order valence-corrected chi connectivity index (χ0v) is 11.5. The van der Waals surface area contributed by atoms with Crippen LogP contribution in [0.1, 0.15) is 38.7 Å². The highest BCUT2D eigenvalue weighted by Gasteiger charge is 2.34. The SMILES string of the molecule is CC1(C)CC(CCO)CCN1Cc1cccnc1. The smallest absolute Gasteiger partial charge is 0.0433 e. The van der Waals surface area contributed by atoms with E-state index in [9.17, 15) is 0 Å². The van der Waals surface area contributed by atoms with Crippen LogP contribution in [-0.4, -0.2) is 33.7 Å². The Hall–Kier alpha value is -0.930. The van der Waals surface area contributed by atoms with Crippen LogP contribution in [-0.2, 0) is 6.54 Å². The van der Waals surface area contributed by atoms with Gasteiger partial charge in [-0.15, -0.1) is 0 Å². The average Bonchev–Trinajstić information content (AvgIpc) is 2.34. The summed E-state index contributed by atoms with van der Waals surface area (Å²) in [7, 11) is 0. The maximum atomic E-state index is 9.07. The van der Waals surface area contributed by atoms with Crippen LogP contribution in [0.15, 0.2) is 24.5 Å². The molecule has 3 heteroatoms.